The zero-order chi connectivity index (χ0) is 19.5. The summed E-state index contributed by atoms with van der Waals surface area (Å²) in [4.78, 5) is 30.2. The van der Waals surface area contributed by atoms with Gasteiger partial charge in [-0.25, -0.2) is 0 Å². The molecule has 1 heterocycles. The molecule has 4 rings (SSSR count). The predicted molar refractivity (Wildman–Crippen MR) is 112 cm³/mol. The molecule has 0 bridgehead atoms. The van der Waals surface area contributed by atoms with E-state index in [-0.39, 0.29) is 11.8 Å². The number of H-pyrrole nitrogens is 1. The summed E-state index contributed by atoms with van der Waals surface area (Å²) < 4.78 is 0. The Hall–Kier alpha value is -3.08. The van der Waals surface area contributed by atoms with Crippen LogP contribution >= 0.6 is 0 Å². The number of hydrogen-bond acceptors (Lipinski definition) is 2. The maximum absolute atomic E-state index is 12.7. The Morgan fingerprint density at radius 1 is 1.00 bits per heavy atom. The summed E-state index contributed by atoms with van der Waals surface area (Å²) in [5, 5.41) is 3.88. The van der Waals surface area contributed by atoms with Crippen molar-refractivity contribution in [2.75, 3.05) is 12.4 Å². The van der Waals surface area contributed by atoms with Crippen molar-refractivity contribution in [3.63, 3.8) is 0 Å². The fourth-order valence-electron chi connectivity index (χ4n) is 3.93. The van der Waals surface area contributed by atoms with Gasteiger partial charge < -0.3 is 15.2 Å². The smallest absolute Gasteiger partial charge is 0.272 e. The van der Waals surface area contributed by atoms with Gasteiger partial charge in [0.25, 0.3) is 11.8 Å². The lowest BCUT2D eigenvalue weighted by Crippen LogP contribution is -2.38. The normalized spacial score (nSPS) is 14.8. The third kappa shape index (κ3) is 3.79. The average molecular weight is 375 g/mol. The number of amides is 2. The molecule has 1 aliphatic carbocycles. The quantitative estimate of drug-likeness (QED) is 0.686. The van der Waals surface area contributed by atoms with Crippen molar-refractivity contribution in [3.05, 3.63) is 65.9 Å². The van der Waals surface area contributed by atoms with Crippen molar-refractivity contribution in [1.29, 1.82) is 0 Å². The second-order valence-electron chi connectivity index (χ2n) is 7.51. The molecule has 0 aliphatic heterocycles. The molecule has 2 N–H and O–H groups in total. The van der Waals surface area contributed by atoms with E-state index in [2.05, 4.69) is 10.3 Å². The van der Waals surface area contributed by atoms with E-state index in [0.29, 0.717) is 23.0 Å². The molecule has 144 valence electrons. The van der Waals surface area contributed by atoms with Gasteiger partial charge in [-0.15, -0.1) is 0 Å². The minimum Gasteiger partial charge on any atom is -0.351 e. The van der Waals surface area contributed by atoms with Crippen LogP contribution in [0.1, 0.15) is 53.0 Å². The van der Waals surface area contributed by atoms with Gasteiger partial charge in [-0.3, -0.25) is 9.59 Å². The zero-order valence-electron chi connectivity index (χ0n) is 16.1. The first-order valence-electron chi connectivity index (χ1n) is 9.88. The molecule has 2 aromatic carbocycles. The van der Waals surface area contributed by atoms with Crippen molar-refractivity contribution < 1.29 is 9.59 Å². The first-order chi connectivity index (χ1) is 13.6. The molecule has 1 aliphatic rings. The molecular weight excluding hydrogens is 350 g/mol. The fourth-order valence-corrected chi connectivity index (χ4v) is 3.93. The lowest BCUT2D eigenvalue weighted by atomic mass is 9.94. The molecule has 0 unspecified atom stereocenters. The van der Waals surface area contributed by atoms with Crippen LogP contribution in [0, 0.1) is 0 Å². The summed E-state index contributed by atoms with van der Waals surface area (Å²) in [7, 11) is 1.89. The van der Waals surface area contributed by atoms with E-state index < -0.39 is 0 Å². The van der Waals surface area contributed by atoms with Crippen LogP contribution in [0.15, 0.2) is 54.6 Å². The summed E-state index contributed by atoms with van der Waals surface area (Å²) in [6, 6.07) is 17.1. The van der Waals surface area contributed by atoms with Crippen molar-refractivity contribution >= 4 is 28.4 Å². The van der Waals surface area contributed by atoms with Crippen LogP contribution < -0.4 is 5.32 Å². The highest BCUT2D eigenvalue weighted by molar-refractivity contribution is 6.06. The highest BCUT2D eigenvalue weighted by atomic mass is 16.2. The molecule has 5 heteroatoms. The van der Waals surface area contributed by atoms with Gasteiger partial charge in [0.2, 0.25) is 0 Å². The maximum atomic E-state index is 12.7. The Bertz CT molecular complexity index is 952. The number of carbonyl (C=O) groups is 2. The van der Waals surface area contributed by atoms with Gasteiger partial charge in [-0.05, 0) is 49.2 Å². The standard InChI is InChI=1S/C23H25N3O2/c1-26(19-8-3-2-4-9-19)23(28)16-11-13-18(14-12-16)24-22(27)21-15-17-7-5-6-10-20(17)25-21/h5-7,10-15,19,25H,2-4,8-9H2,1H3,(H,24,27). The summed E-state index contributed by atoms with van der Waals surface area (Å²) in [5.74, 6) is -0.157. The van der Waals surface area contributed by atoms with Crippen molar-refractivity contribution in [2.45, 2.75) is 38.1 Å². The highest BCUT2D eigenvalue weighted by Crippen LogP contribution is 2.23. The molecule has 0 atom stereocenters. The van der Waals surface area contributed by atoms with E-state index in [1.54, 1.807) is 24.3 Å². The van der Waals surface area contributed by atoms with Gasteiger partial charge >= 0.3 is 0 Å². The number of carbonyl (C=O) groups excluding carboxylic acids is 2. The Morgan fingerprint density at radius 3 is 2.43 bits per heavy atom. The molecule has 1 aromatic heterocycles. The summed E-state index contributed by atoms with van der Waals surface area (Å²) >= 11 is 0. The number of benzene rings is 2. The summed E-state index contributed by atoms with van der Waals surface area (Å²) in [6.45, 7) is 0. The van der Waals surface area contributed by atoms with E-state index >= 15 is 0 Å². The van der Waals surface area contributed by atoms with Crippen molar-refractivity contribution in [3.8, 4) is 0 Å². The SMILES string of the molecule is CN(C(=O)c1ccc(NC(=O)c2cc3ccccc3[nH]2)cc1)C1CCCCC1. The van der Waals surface area contributed by atoms with Crippen LogP contribution in [0.5, 0.6) is 0 Å². The second-order valence-corrected chi connectivity index (χ2v) is 7.51. The van der Waals surface area contributed by atoms with Crippen LogP contribution in [0.4, 0.5) is 5.69 Å². The number of nitrogens with one attached hydrogen (secondary N) is 2. The lowest BCUT2D eigenvalue weighted by molar-refractivity contribution is 0.0696. The van der Waals surface area contributed by atoms with E-state index in [4.69, 9.17) is 0 Å². The van der Waals surface area contributed by atoms with E-state index in [0.717, 1.165) is 23.7 Å². The van der Waals surface area contributed by atoms with Gasteiger partial charge in [0, 0.05) is 35.2 Å². The Balaban J connectivity index is 1.42. The number of anilines is 1. The van der Waals surface area contributed by atoms with Gasteiger partial charge in [-0.1, -0.05) is 37.5 Å². The third-order valence-electron chi connectivity index (χ3n) is 5.61. The van der Waals surface area contributed by atoms with Gasteiger partial charge in [0.15, 0.2) is 0 Å². The van der Waals surface area contributed by atoms with Crippen LogP contribution in [-0.2, 0) is 0 Å². The zero-order valence-corrected chi connectivity index (χ0v) is 16.1. The molecule has 0 saturated heterocycles. The molecule has 2 amide bonds. The number of rotatable bonds is 4. The maximum Gasteiger partial charge on any atom is 0.272 e. The summed E-state index contributed by atoms with van der Waals surface area (Å²) in [6.07, 6.45) is 5.83. The van der Waals surface area contributed by atoms with Gasteiger partial charge in [0.1, 0.15) is 5.69 Å². The second kappa shape index (κ2) is 7.89. The third-order valence-corrected chi connectivity index (χ3v) is 5.61. The fraction of sp³-hybridized carbons (Fsp3) is 0.304. The monoisotopic (exact) mass is 375 g/mol. The topological polar surface area (TPSA) is 65.2 Å². The Morgan fingerprint density at radius 2 is 1.71 bits per heavy atom. The Labute approximate surface area is 164 Å². The van der Waals surface area contributed by atoms with Crippen LogP contribution in [-0.4, -0.2) is 34.8 Å². The first-order valence-corrected chi connectivity index (χ1v) is 9.88. The molecule has 5 nitrogen and oxygen atoms in total. The number of fused-ring (bicyclic) bond motifs is 1. The van der Waals surface area contributed by atoms with E-state index in [9.17, 15) is 9.59 Å². The lowest BCUT2D eigenvalue weighted by Gasteiger charge is -2.31. The van der Waals surface area contributed by atoms with Crippen molar-refractivity contribution in [1.82, 2.24) is 9.88 Å². The minimum atomic E-state index is -0.199. The van der Waals surface area contributed by atoms with Crippen LogP contribution in [0.25, 0.3) is 10.9 Å². The molecule has 0 radical (unpaired) electrons. The number of para-hydroxylation sites is 1. The number of aromatic amines is 1. The summed E-state index contributed by atoms with van der Waals surface area (Å²) in [5.41, 5.74) is 2.76. The van der Waals surface area contributed by atoms with E-state index in [1.165, 1.54) is 19.3 Å². The predicted octanol–water partition coefficient (Wildman–Crippen LogP) is 4.82. The van der Waals surface area contributed by atoms with E-state index in [1.807, 2.05) is 42.3 Å². The van der Waals surface area contributed by atoms with Gasteiger partial charge in [0.05, 0.1) is 0 Å². The number of nitrogens with zero attached hydrogens (tertiary/aromatic N) is 1. The highest BCUT2D eigenvalue weighted by Gasteiger charge is 2.23. The molecule has 1 saturated carbocycles. The molecule has 3 aromatic rings. The minimum absolute atomic E-state index is 0.0420. The van der Waals surface area contributed by atoms with Crippen molar-refractivity contribution in [2.24, 2.45) is 0 Å². The first kappa shape index (κ1) is 18.3. The Kier molecular flexibility index (Phi) is 5.15. The molecule has 1 fully saturated rings. The number of hydrogen-bond donors (Lipinski definition) is 2. The average Bonchev–Trinajstić information content (AvgIpc) is 3.18. The molecule has 28 heavy (non-hydrogen) atoms. The largest absolute Gasteiger partial charge is 0.351 e. The van der Waals surface area contributed by atoms with Gasteiger partial charge in [-0.2, -0.15) is 0 Å². The van der Waals surface area contributed by atoms with Crippen LogP contribution in [0.3, 0.4) is 0 Å². The molecule has 0 spiro atoms. The van der Waals surface area contributed by atoms with Crippen LogP contribution in [0.2, 0.25) is 0 Å². The molecular formula is C23H25N3O2. The number of aromatic nitrogens is 1.